The van der Waals surface area contributed by atoms with Crippen LogP contribution in [0.25, 0.3) is 0 Å². The molecule has 1 amide bonds. The van der Waals surface area contributed by atoms with E-state index < -0.39 is 0 Å². The number of Topliss-reactive ketones (excluding diaryl/α,β-unsaturated/α-hetero) is 1. The summed E-state index contributed by atoms with van der Waals surface area (Å²) in [4.78, 5) is 29.7. The van der Waals surface area contributed by atoms with Gasteiger partial charge in [-0.15, -0.1) is 0 Å². The highest BCUT2D eigenvalue weighted by Gasteiger charge is 2.57. The fraction of sp³-hybridized carbons (Fsp3) is 0.583. The van der Waals surface area contributed by atoms with Crippen LogP contribution in [0.2, 0.25) is 0 Å². The number of amides is 1. The van der Waals surface area contributed by atoms with Gasteiger partial charge in [-0.25, -0.2) is 4.98 Å². The van der Waals surface area contributed by atoms with E-state index in [2.05, 4.69) is 10.1 Å². The molecule has 4 saturated carbocycles. The van der Waals surface area contributed by atoms with Crippen LogP contribution in [-0.2, 0) is 11.4 Å². The van der Waals surface area contributed by atoms with Gasteiger partial charge in [0.05, 0.1) is 11.3 Å². The average Bonchev–Trinajstić information content (AvgIpc) is 3.06. The molecule has 4 aliphatic rings. The molecule has 2 N–H and O–H groups in total. The minimum atomic E-state index is -0.319. The lowest BCUT2D eigenvalue weighted by Gasteiger charge is -2.58. The van der Waals surface area contributed by atoms with E-state index in [9.17, 15) is 9.59 Å². The smallest absolute Gasteiger partial charge is 0.223 e. The molecule has 0 aromatic carbocycles. The number of nitrogens with zero attached hydrogens (tertiary/aromatic N) is 2. The molecule has 0 saturated heterocycles. The van der Waals surface area contributed by atoms with Gasteiger partial charge in [0.2, 0.25) is 11.8 Å². The van der Waals surface area contributed by atoms with Gasteiger partial charge in [0.1, 0.15) is 18.1 Å². The number of nitrogens with two attached hydrogens (primary N) is 1. The summed E-state index contributed by atoms with van der Waals surface area (Å²) in [5, 5.41) is 3.93. The van der Waals surface area contributed by atoms with Crippen molar-refractivity contribution in [3.63, 3.8) is 0 Å². The number of carbonyl (C=O) groups excluding carboxylic acids is 2. The first-order valence-corrected chi connectivity index (χ1v) is 11.2. The van der Waals surface area contributed by atoms with Gasteiger partial charge in [-0.05, 0) is 75.7 Å². The summed E-state index contributed by atoms with van der Waals surface area (Å²) in [6.45, 7) is 4.02. The Hall–Kier alpha value is -2.70. The van der Waals surface area contributed by atoms with E-state index in [0.717, 1.165) is 49.1 Å². The number of carbonyl (C=O) groups is 2. The van der Waals surface area contributed by atoms with Crippen molar-refractivity contribution >= 4 is 11.7 Å². The largest absolute Gasteiger partial charge is 0.473 e. The van der Waals surface area contributed by atoms with Gasteiger partial charge >= 0.3 is 0 Å². The quantitative estimate of drug-likeness (QED) is 0.679. The second kappa shape index (κ2) is 7.46. The molecule has 7 nitrogen and oxygen atoms in total. The fourth-order valence-electron chi connectivity index (χ4n) is 6.59. The van der Waals surface area contributed by atoms with Gasteiger partial charge in [-0.3, -0.25) is 9.59 Å². The summed E-state index contributed by atoms with van der Waals surface area (Å²) in [5.74, 6) is 2.81. The Bertz CT molecular complexity index is 994. The molecule has 2 aromatic heterocycles. The van der Waals surface area contributed by atoms with E-state index in [-0.39, 0.29) is 17.1 Å². The summed E-state index contributed by atoms with van der Waals surface area (Å²) in [7, 11) is 0. The zero-order valence-corrected chi connectivity index (χ0v) is 18.1. The van der Waals surface area contributed by atoms with Crippen molar-refractivity contribution in [3.8, 4) is 5.88 Å². The van der Waals surface area contributed by atoms with Gasteiger partial charge < -0.3 is 15.0 Å². The number of ketones is 1. The monoisotopic (exact) mass is 423 g/mol. The molecule has 0 radical (unpaired) electrons. The maximum Gasteiger partial charge on any atom is 0.223 e. The number of hydrogen-bond donors (Lipinski definition) is 1. The van der Waals surface area contributed by atoms with Crippen LogP contribution >= 0.6 is 0 Å². The molecule has 2 atom stereocenters. The highest BCUT2D eigenvalue weighted by atomic mass is 16.5. The predicted molar refractivity (Wildman–Crippen MR) is 112 cm³/mol. The van der Waals surface area contributed by atoms with E-state index in [4.69, 9.17) is 15.0 Å². The Labute approximate surface area is 181 Å². The lowest BCUT2D eigenvalue weighted by molar-refractivity contribution is -0.149. The maximum atomic E-state index is 13.1. The SMILES string of the molecule is Cc1noc(C)c1COc1cccc(C(=O)CC2C3CC4CC2CC(C(N)=O)(C4)C3)n1. The van der Waals surface area contributed by atoms with Crippen molar-refractivity contribution < 1.29 is 18.8 Å². The molecule has 4 aliphatic carbocycles. The van der Waals surface area contributed by atoms with Crippen molar-refractivity contribution in [2.75, 3.05) is 0 Å². The van der Waals surface area contributed by atoms with Gasteiger partial charge in [-0.2, -0.15) is 0 Å². The summed E-state index contributed by atoms with van der Waals surface area (Å²) in [6.07, 6.45) is 5.37. The Morgan fingerprint density at radius 1 is 1.19 bits per heavy atom. The van der Waals surface area contributed by atoms with Crippen LogP contribution in [0.4, 0.5) is 0 Å². The lowest BCUT2D eigenvalue weighted by Crippen LogP contribution is -2.56. The molecule has 164 valence electrons. The topological polar surface area (TPSA) is 108 Å². The fourth-order valence-corrected chi connectivity index (χ4v) is 6.59. The van der Waals surface area contributed by atoms with Gasteiger partial charge in [0.25, 0.3) is 0 Å². The normalized spacial score (nSPS) is 31.0. The Balaban J connectivity index is 1.26. The maximum absolute atomic E-state index is 13.1. The molecular weight excluding hydrogens is 394 g/mol. The first-order valence-electron chi connectivity index (χ1n) is 11.2. The number of aromatic nitrogens is 2. The first-order chi connectivity index (χ1) is 14.8. The van der Waals surface area contributed by atoms with E-state index in [1.165, 1.54) is 0 Å². The number of rotatable bonds is 7. The minimum Gasteiger partial charge on any atom is -0.473 e. The third-order valence-corrected chi connectivity index (χ3v) is 7.97. The molecule has 4 fully saturated rings. The van der Waals surface area contributed by atoms with E-state index in [1.54, 1.807) is 12.1 Å². The molecule has 0 aliphatic heterocycles. The number of hydrogen-bond acceptors (Lipinski definition) is 6. The van der Waals surface area contributed by atoms with Gasteiger partial charge in [0, 0.05) is 17.9 Å². The zero-order valence-electron chi connectivity index (χ0n) is 18.1. The van der Waals surface area contributed by atoms with Crippen molar-refractivity contribution in [1.82, 2.24) is 10.1 Å². The molecular formula is C24H29N3O4. The average molecular weight is 424 g/mol. The zero-order chi connectivity index (χ0) is 21.8. The molecule has 31 heavy (non-hydrogen) atoms. The number of pyridine rings is 1. The van der Waals surface area contributed by atoms with Gasteiger partial charge in [-0.1, -0.05) is 11.2 Å². The molecule has 2 heterocycles. The van der Waals surface area contributed by atoms with Crippen LogP contribution in [-0.4, -0.2) is 21.8 Å². The molecule has 0 spiro atoms. The summed E-state index contributed by atoms with van der Waals surface area (Å²) >= 11 is 0. The van der Waals surface area contributed by atoms with E-state index in [1.807, 2.05) is 19.9 Å². The number of primary amides is 1. The second-order valence-corrected chi connectivity index (χ2v) is 9.86. The van der Waals surface area contributed by atoms with Crippen molar-refractivity contribution in [2.24, 2.45) is 34.8 Å². The van der Waals surface area contributed by atoms with E-state index >= 15 is 0 Å². The third-order valence-electron chi connectivity index (χ3n) is 7.97. The van der Waals surface area contributed by atoms with Gasteiger partial charge in [0.15, 0.2) is 5.78 Å². The Morgan fingerprint density at radius 2 is 1.94 bits per heavy atom. The van der Waals surface area contributed by atoms with Crippen LogP contribution in [0, 0.1) is 42.9 Å². The third kappa shape index (κ3) is 3.54. The van der Waals surface area contributed by atoms with Crippen LogP contribution in [0.1, 0.15) is 66.0 Å². The van der Waals surface area contributed by atoms with Crippen LogP contribution in [0.5, 0.6) is 5.88 Å². The summed E-state index contributed by atoms with van der Waals surface area (Å²) in [5.41, 5.74) is 7.60. The lowest BCUT2D eigenvalue weighted by atomic mass is 9.45. The molecule has 2 unspecified atom stereocenters. The van der Waals surface area contributed by atoms with Crippen molar-refractivity contribution in [2.45, 2.75) is 59.0 Å². The summed E-state index contributed by atoms with van der Waals surface area (Å²) in [6, 6.07) is 5.32. The molecule has 7 heteroatoms. The molecule has 4 bridgehead atoms. The van der Waals surface area contributed by atoms with E-state index in [0.29, 0.717) is 48.3 Å². The van der Waals surface area contributed by atoms with Crippen LogP contribution in [0.15, 0.2) is 22.7 Å². The number of ether oxygens (including phenoxy) is 1. The minimum absolute atomic E-state index is 0.0494. The highest BCUT2D eigenvalue weighted by Crippen LogP contribution is 2.62. The standard InChI is InChI=1S/C24H29N3O4/c1-13-19(14(2)31-27-13)12-30-22-5-3-4-20(26-22)21(28)8-18-16-6-15-7-17(18)11-24(9-15,10-16)23(25)29/h3-5,15-18H,6-12H2,1-2H3,(H2,25,29). The Kier molecular flexibility index (Phi) is 4.87. The first kappa shape index (κ1) is 20.2. The van der Waals surface area contributed by atoms with Crippen molar-refractivity contribution in [1.29, 1.82) is 0 Å². The Morgan fingerprint density at radius 3 is 2.58 bits per heavy atom. The second-order valence-electron chi connectivity index (χ2n) is 9.86. The highest BCUT2D eigenvalue weighted by molar-refractivity contribution is 5.94. The molecule has 6 rings (SSSR count). The van der Waals surface area contributed by atoms with Crippen molar-refractivity contribution in [3.05, 3.63) is 40.9 Å². The predicted octanol–water partition coefficient (Wildman–Crippen LogP) is 3.77. The number of aryl methyl sites for hydroxylation is 2. The molecule has 2 aromatic rings. The van der Waals surface area contributed by atoms with Crippen LogP contribution in [0.3, 0.4) is 0 Å². The summed E-state index contributed by atoms with van der Waals surface area (Å²) < 4.78 is 11.0. The van der Waals surface area contributed by atoms with Crippen LogP contribution < -0.4 is 10.5 Å².